The fraction of sp³-hybridized carbons (Fsp3) is 0.286. The van der Waals surface area contributed by atoms with E-state index in [0.717, 1.165) is 53.1 Å². The molecule has 0 spiro atoms. The van der Waals surface area contributed by atoms with Crippen molar-refractivity contribution >= 4 is 28.7 Å². The second kappa shape index (κ2) is 8.85. The maximum absolute atomic E-state index is 9.86. The Balaban J connectivity index is 2.07. The van der Waals surface area contributed by atoms with Crippen molar-refractivity contribution in [3.8, 4) is 23.1 Å². The van der Waals surface area contributed by atoms with Crippen LogP contribution in [0.4, 0.5) is 5.69 Å². The van der Waals surface area contributed by atoms with Gasteiger partial charge in [0.15, 0.2) is 0 Å². The number of methoxy groups -OCH3 is 1. The summed E-state index contributed by atoms with van der Waals surface area (Å²) >= 11 is 1.48. The maximum atomic E-state index is 9.86. The van der Waals surface area contributed by atoms with Crippen molar-refractivity contribution in [1.29, 1.82) is 5.26 Å². The lowest BCUT2D eigenvalue weighted by Crippen LogP contribution is -2.07. The second-order valence-corrected chi connectivity index (χ2v) is 6.84. The third-order valence-electron chi connectivity index (χ3n) is 4.43. The van der Waals surface area contributed by atoms with Gasteiger partial charge in [0.25, 0.3) is 0 Å². The molecule has 3 rings (SSSR count). The first kappa shape index (κ1) is 19.2. The number of nitriles is 1. The van der Waals surface area contributed by atoms with E-state index >= 15 is 0 Å². The highest BCUT2D eigenvalue weighted by molar-refractivity contribution is 7.98. The van der Waals surface area contributed by atoms with E-state index < -0.39 is 0 Å². The minimum absolute atomic E-state index is 0.698. The summed E-state index contributed by atoms with van der Waals surface area (Å²) in [5.41, 5.74) is 4.67. The largest absolute Gasteiger partial charge is 0.497 e. The van der Waals surface area contributed by atoms with Gasteiger partial charge in [-0.15, -0.1) is 0 Å². The van der Waals surface area contributed by atoms with E-state index in [1.807, 2.05) is 36.4 Å². The molecule has 2 aromatic carbocycles. The number of benzene rings is 2. The standard InChI is InChI=1S/C21H24N4OS/c1-4-11-23-27-24-16-8-6-7-15(12-16)21-19(14-22)18-10-9-17(26-3)13-20(18)25(21)5-2/h6-10,12-13,23-24H,4-5,11H2,1-3H3. The van der Waals surface area contributed by atoms with Crippen molar-refractivity contribution in [1.82, 2.24) is 9.29 Å². The van der Waals surface area contributed by atoms with E-state index in [-0.39, 0.29) is 0 Å². The van der Waals surface area contributed by atoms with Crippen molar-refractivity contribution in [2.75, 3.05) is 18.4 Å². The molecule has 6 heteroatoms. The highest BCUT2D eigenvalue weighted by Gasteiger charge is 2.18. The van der Waals surface area contributed by atoms with Gasteiger partial charge in [-0.1, -0.05) is 19.1 Å². The Bertz CT molecular complexity index is 974. The van der Waals surface area contributed by atoms with Gasteiger partial charge in [-0.3, -0.25) is 0 Å². The minimum atomic E-state index is 0.698. The first-order valence-corrected chi connectivity index (χ1v) is 9.90. The summed E-state index contributed by atoms with van der Waals surface area (Å²) < 4.78 is 14.1. The van der Waals surface area contributed by atoms with Crippen LogP contribution in [0.2, 0.25) is 0 Å². The summed E-state index contributed by atoms with van der Waals surface area (Å²) in [6.45, 7) is 5.94. The molecule has 0 aliphatic carbocycles. The highest BCUT2D eigenvalue weighted by Crippen LogP contribution is 2.36. The van der Waals surface area contributed by atoms with E-state index in [1.54, 1.807) is 7.11 Å². The van der Waals surface area contributed by atoms with Crippen molar-refractivity contribution in [2.45, 2.75) is 26.8 Å². The van der Waals surface area contributed by atoms with Crippen LogP contribution in [0.15, 0.2) is 42.5 Å². The van der Waals surface area contributed by atoms with Crippen molar-refractivity contribution in [2.24, 2.45) is 0 Å². The van der Waals surface area contributed by atoms with Crippen molar-refractivity contribution < 1.29 is 4.74 Å². The number of rotatable bonds is 8. The van der Waals surface area contributed by atoms with E-state index in [9.17, 15) is 5.26 Å². The van der Waals surface area contributed by atoms with Gasteiger partial charge in [-0.05, 0) is 37.6 Å². The third kappa shape index (κ3) is 3.90. The lowest BCUT2D eigenvalue weighted by atomic mass is 10.1. The number of nitrogens with one attached hydrogen (secondary N) is 2. The molecule has 0 atom stereocenters. The zero-order valence-electron chi connectivity index (χ0n) is 15.9. The normalized spacial score (nSPS) is 10.7. The van der Waals surface area contributed by atoms with Crippen molar-refractivity contribution in [3.05, 3.63) is 48.0 Å². The van der Waals surface area contributed by atoms with Gasteiger partial charge in [0, 0.05) is 47.9 Å². The van der Waals surface area contributed by atoms with Crippen molar-refractivity contribution in [3.63, 3.8) is 0 Å². The lowest BCUT2D eigenvalue weighted by Gasteiger charge is -2.11. The van der Waals surface area contributed by atoms with Crippen LogP contribution in [0, 0.1) is 11.3 Å². The fourth-order valence-corrected chi connectivity index (χ4v) is 3.80. The van der Waals surface area contributed by atoms with Crippen LogP contribution in [0.5, 0.6) is 5.75 Å². The SMILES string of the molecule is CCCNSNc1cccc(-c2c(C#N)c3ccc(OC)cc3n2CC)c1. The number of aryl methyl sites for hydroxylation is 1. The molecule has 0 amide bonds. The van der Waals surface area contributed by atoms with Crippen LogP contribution >= 0.6 is 12.1 Å². The predicted molar refractivity (Wildman–Crippen MR) is 114 cm³/mol. The van der Waals surface area contributed by atoms with Crippen LogP contribution < -0.4 is 14.2 Å². The first-order chi connectivity index (χ1) is 13.2. The van der Waals surface area contributed by atoms with E-state index in [4.69, 9.17) is 4.74 Å². The van der Waals surface area contributed by atoms with E-state index in [2.05, 4.69) is 40.0 Å². The quantitative estimate of drug-likeness (QED) is 0.416. The molecule has 0 bridgehead atoms. The van der Waals surface area contributed by atoms with Crippen LogP contribution in [-0.4, -0.2) is 18.2 Å². The molecule has 0 saturated carbocycles. The van der Waals surface area contributed by atoms with Gasteiger partial charge in [0.1, 0.15) is 11.8 Å². The summed E-state index contributed by atoms with van der Waals surface area (Å²) in [5, 5.41) is 10.8. The average Bonchev–Trinajstić information content (AvgIpc) is 3.04. The molecule has 0 unspecified atom stereocenters. The topological polar surface area (TPSA) is 62.0 Å². The van der Waals surface area contributed by atoms with Crippen LogP contribution in [0.3, 0.4) is 0 Å². The molecule has 0 saturated heterocycles. The van der Waals surface area contributed by atoms with Gasteiger partial charge in [0.2, 0.25) is 0 Å². The molecule has 0 aliphatic heterocycles. The number of anilines is 1. The smallest absolute Gasteiger partial charge is 0.120 e. The number of ether oxygens (including phenoxy) is 1. The number of nitrogens with zero attached hydrogens (tertiary/aromatic N) is 2. The Morgan fingerprint density at radius 1 is 1.19 bits per heavy atom. The molecule has 27 heavy (non-hydrogen) atoms. The molecule has 0 fully saturated rings. The fourth-order valence-electron chi connectivity index (χ4n) is 3.18. The molecule has 2 N–H and O–H groups in total. The Morgan fingerprint density at radius 2 is 2.04 bits per heavy atom. The Kier molecular flexibility index (Phi) is 6.28. The van der Waals surface area contributed by atoms with Gasteiger partial charge >= 0.3 is 0 Å². The zero-order valence-corrected chi connectivity index (χ0v) is 16.7. The van der Waals surface area contributed by atoms with Gasteiger partial charge in [0.05, 0.1) is 23.9 Å². The zero-order chi connectivity index (χ0) is 19.2. The monoisotopic (exact) mass is 380 g/mol. The first-order valence-electron chi connectivity index (χ1n) is 9.08. The summed E-state index contributed by atoms with van der Waals surface area (Å²) in [7, 11) is 1.66. The molecular weight excluding hydrogens is 356 g/mol. The van der Waals surface area contributed by atoms with Gasteiger partial charge < -0.3 is 14.0 Å². The maximum Gasteiger partial charge on any atom is 0.120 e. The number of hydrogen-bond acceptors (Lipinski definition) is 5. The number of fused-ring (bicyclic) bond motifs is 1. The molecular formula is C21H24N4OS. The molecule has 140 valence electrons. The number of aromatic nitrogens is 1. The minimum Gasteiger partial charge on any atom is -0.497 e. The second-order valence-electron chi connectivity index (χ2n) is 6.14. The molecule has 0 radical (unpaired) electrons. The van der Waals surface area contributed by atoms with Crippen LogP contribution in [-0.2, 0) is 6.54 Å². The molecule has 5 nitrogen and oxygen atoms in total. The average molecular weight is 381 g/mol. The Morgan fingerprint density at radius 3 is 2.74 bits per heavy atom. The molecule has 1 heterocycles. The highest BCUT2D eigenvalue weighted by atomic mass is 32.2. The lowest BCUT2D eigenvalue weighted by molar-refractivity contribution is 0.415. The van der Waals surface area contributed by atoms with Gasteiger partial charge in [-0.2, -0.15) is 5.26 Å². The molecule has 0 aliphatic rings. The predicted octanol–water partition coefficient (Wildman–Crippen LogP) is 5.18. The summed E-state index contributed by atoms with van der Waals surface area (Å²) in [6.07, 6.45) is 1.08. The van der Waals surface area contributed by atoms with Gasteiger partial charge in [-0.25, -0.2) is 4.72 Å². The van der Waals surface area contributed by atoms with Crippen LogP contribution in [0.1, 0.15) is 25.8 Å². The summed E-state index contributed by atoms with van der Waals surface area (Å²) in [6, 6.07) is 16.4. The third-order valence-corrected chi connectivity index (χ3v) is 5.12. The molecule has 3 aromatic rings. The van der Waals surface area contributed by atoms with E-state index in [1.165, 1.54) is 12.1 Å². The summed E-state index contributed by atoms with van der Waals surface area (Å²) in [4.78, 5) is 0. The summed E-state index contributed by atoms with van der Waals surface area (Å²) in [5.74, 6) is 0.791. The Labute approximate surface area is 164 Å². The Hall–Kier alpha value is -2.62. The van der Waals surface area contributed by atoms with E-state index in [0.29, 0.717) is 5.56 Å². The number of hydrogen-bond donors (Lipinski definition) is 2. The van der Waals surface area contributed by atoms with Crippen LogP contribution in [0.25, 0.3) is 22.2 Å². The molecule has 1 aromatic heterocycles.